The Bertz CT molecular complexity index is 397. The van der Waals surface area contributed by atoms with Crippen molar-refractivity contribution in [3.8, 4) is 0 Å². The molecular weight excluding hydrogens is 248 g/mol. The van der Waals surface area contributed by atoms with Crippen molar-refractivity contribution in [2.45, 2.75) is 19.3 Å². The molecule has 0 spiro atoms. The maximum absolute atomic E-state index is 5.90. The number of halogens is 1. The second kappa shape index (κ2) is 6.76. The van der Waals surface area contributed by atoms with Crippen LogP contribution < -0.4 is 0 Å². The largest absolute Gasteiger partial charge is 0.399 e. The van der Waals surface area contributed by atoms with E-state index < -0.39 is 0 Å². The number of benzene rings is 1. The topological polar surface area (TPSA) is 24.8 Å². The van der Waals surface area contributed by atoms with Crippen molar-refractivity contribution in [3.63, 3.8) is 0 Å². The van der Waals surface area contributed by atoms with Crippen LogP contribution in [0.4, 0.5) is 0 Å². The predicted octanol–water partition coefficient (Wildman–Crippen LogP) is 3.18. The molecule has 1 fully saturated rings. The molecule has 0 unspecified atom stereocenters. The first kappa shape index (κ1) is 13.4. The van der Waals surface area contributed by atoms with Gasteiger partial charge in [-0.2, -0.15) is 0 Å². The number of hydrogen-bond donors (Lipinski definition) is 0. The van der Waals surface area contributed by atoms with Gasteiger partial charge in [-0.15, -0.1) is 0 Å². The quantitative estimate of drug-likeness (QED) is 0.618. The van der Waals surface area contributed by atoms with Gasteiger partial charge in [0, 0.05) is 17.1 Å². The SMILES string of the molecule is CO/N=C(/CN1CCCCC1)c1ccc(Cl)cc1. The highest BCUT2D eigenvalue weighted by atomic mass is 35.5. The van der Waals surface area contributed by atoms with Crippen LogP contribution in [-0.4, -0.2) is 37.4 Å². The fourth-order valence-corrected chi connectivity index (χ4v) is 2.38. The van der Waals surface area contributed by atoms with Gasteiger partial charge in [-0.05, 0) is 38.1 Å². The Hall–Kier alpha value is -1.06. The van der Waals surface area contributed by atoms with Crippen LogP contribution in [0.5, 0.6) is 0 Å². The zero-order valence-corrected chi connectivity index (χ0v) is 11.5. The number of likely N-dealkylation sites (tertiary alicyclic amines) is 1. The Morgan fingerprint density at radius 2 is 1.89 bits per heavy atom. The van der Waals surface area contributed by atoms with Crippen LogP contribution >= 0.6 is 11.6 Å². The van der Waals surface area contributed by atoms with E-state index in [1.165, 1.54) is 19.3 Å². The summed E-state index contributed by atoms with van der Waals surface area (Å²) in [7, 11) is 1.59. The Morgan fingerprint density at radius 1 is 1.22 bits per heavy atom. The van der Waals surface area contributed by atoms with E-state index in [-0.39, 0.29) is 0 Å². The van der Waals surface area contributed by atoms with E-state index in [2.05, 4.69) is 10.1 Å². The summed E-state index contributed by atoms with van der Waals surface area (Å²) in [4.78, 5) is 7.39. The second-order valence-corrected chi connectivity index (χ2v) is 5.00. The lowest BCUT2D eigenvalue weighted by molar-refractivity contribution is 0.207. The van der Waals surface area contributed by atoms with Gasteiger partial charge in [-0.3, -0.25) is 4.90 Å². The normalized spacial score (nSPS) is 17.8. The highest BCUT2D eigenvalue weighted by Crippen LogP contribution is 2.13. The molecule has 0 radical (unpaired) electrons. The molecule has 2 rings (SSSR count). The summed E-state index contributed by atoms with van der Waals surface area (Å²) in [5, 5.41) is 4.89. The van der Waals surface area contributed by atoms with Gasteiger partial charge in [-0.25, -0.2) is 0 Å². The molecule has 0 bridgehead atoms. The summed E-state index contributed by atoms with van der Waals surface area (Å²) in [6.07, 6.45) is 3.90. The number of piperidine rings is 1. The summed E-state index contributed by atoms with van der Waals surface area (Å²) in [6.45, 7) is 3.14. The predicted molar refractivity (Wildman–Crippen MR) is 75.3 cm³/mol. The van der Waals surface area contributed by atoms with Crippen molar-refractivity contribution in [2.75, 3.05) is 26.7 Å². The molecule has 0 atom stereocenters. The number of rotatable bonds is 4. The van der Waals surface area contributed by atoms with Crippen LogP contribution in [0.2, 0.25) is 5.02 Å². The Balaban J connectivity index is 2.08. The van der Waals surface area contributed by atoms with E-state index in [1.54, 1.807) is 7.11 Å². The fourth-order valence-electron chi connectivity index (χ4n) is 2.25. The highest BCUT2D eigenvalue weighted by molar-refractivity contribution is 6.30. The summed E-state index contributed by atoms with van der Waals surface area (Å²) in [5.74, 6) is 0. The minimum Gasteiger partial charge on any atom is -0.399 e. The summed E-state index contributed by atoms with van der Waals surface area (Å²) in [6, 6.07) is 7.75. The zero-order valence-electron chi connectivity index (χ0n) is 10.7. The summed E-state index contributed by atoms with van der Waals surface area (Å²) < 4.78 is 0. The molecule has 0 amide bonds. The van der Waals surface area contributed by atoms with Gasteiger partial charge in [0.15, 0.2) is 0 Å². The van der Waals surface area contributed by atoms with Crippen molar-refractivity contribution in [1.29, 1.82) is 0 Å². The summed E-state index contributed by atoms with van der Waals surface area (Å²) >= 11 is 5.90. The Kier molecular flexibility index (Phi) is 5.02. The number of nitrogens with zero attached hydrogens (tertiary/aromatic N) is 2. The molecule has 1 heterocycles. The first-order valence-electron chi connectivity index (χ1n) is 6.38. The Labute approximate surface area is 113 Å². The van der Waals surface area contributed by atoms with Crippen LogP contribution in [0.15, 0.2) is 29.4 Å². The van der Waals surface area contributed by atoms with Crippen LogP contribution in [-0.2, 0) is 4.84 Å². The molecule has 3 nitrogen and oxygen atoms in total. The number of hydrogen-bond acceptors (Lipinski definition) is 3. The molecule has 18 heavy (non-hydrogen) atoms. The lowest BCUT2D eigenvalue weighted by Crippen LogP contribution is -2.34. The molecule has 1 aliphatic rings. The van der Waals surface area contributed by atoms with Gasteiger partial charge in [-0.1, -0.05) is 35.3 Å². The van der Waals surface area contributed by atoms with Crippen LogP contribution in [0.25, 0.3) is 0 Å². The van der Waals surface area contributed by atoms with E-state index in [9.17, 15) is 0 Å². The standard InChI is InChI=1S/C14H19ClN2O/c1-18-16-14(11-17-9-3-2-4-10-17)12-5-7-13(15)8-6-12/h5-8H,2-4,9-11H2,1H3/b16-14-. The minimum atomic E-state index is 0.744. The van der Waals surface area contributed by atoms with Crippen molar-refractivity contribution in [3.05, 3.63) is 34.9 Å². The lowest BCUT2D eigenvalue weighted by atomic mass is 10.1. The maximum Gasteiger partial charge on any atom is 0.106 e. The molecule has 0 saturated carbocycles. The average molecular weight is 267 g/mol. The van der Waals surface area contributed by atoms with Gasteiger partial charge < -0.3 is 4.84 Å². The van der Waals surface area contributed by atoms with Gasteiger partial charge in [0.2, 0.25) is 0 Å². The van der Waals surface area contributed by atoms with Crippen molar-refractivity contribution in [2.24, 2.45) is 5.16 Å². The average Bonchev–Trinajstić information content (AvgIpc) is 2.40. The third-order valence-corrected chi connectivity index (χ3v) is 3.45. The van der Waals surface area contributed by atoms with E-state index in [1.807, 2.05) is 24.3 Å². The minimum absolute atomic E-state index is 0.744. The van der Waals surface area contributed by atoms with Gasteiger partial charge in [0.05, 0.1) is 0 Å². The molecule has 1 aromatic rings. The Morgan fingerprint density at radius 3 is 2.50 bits per heavy atom. The molecule has 1 aliphatic heterocycles. The lowest BCUT2D eigenvalue weighted by Gasteiger charge is -2.26. The molecular formula is C14H19ClN2O. The molecule has 1 saturated heterocycles. The third-order valence-electron chi connectivity index (χ3n) is 3.20. The highest BCUT2D eigenvalue weighted by Gasteiger charge is 2.14. The van der Waals surface area contributed by atoms with Gasteiger partial charge in [0.1, 0.15) is 12.8 Å². The first-order valence-corrected chi connectivity index (χ1v) is 6.75. The van der Waals surface area contributed by atoms with E-state index in [0.717, 1.165) is 35.9 Å². The first-order chi connectivity index (χ1) is 8.79. The smallest absolute Gasteiger partial charge is 0.106 e. The summed E-state index contributed by atoms with van der Waals surface area (Å²) in [5.41, 5.74) is 2.04. The van der Waals surface area contributed by atoms with E-state index in [0.29, 0.717) is 0 Å². The van der Waals surface area contributed by atoms with Crippen LogP contribution in [0.3, 0.4) is 0 Å². The molecule has 1 aromatic carbocycles. The molecule has 0 aromatic heterocycles. The van der Waals surface area contributed by atoms with Crippen molar-refractivity contribution >= 4 is 17.3 Å². The van der Waals surface area contributed by atoms with E-state index >= 15 is 0 Å². The van der Waals surface area contributed by atoms with E-state index in [4.69, 9.17) is 16.4 Å². The van der Waals surface area contributed by atoms with Gasteiger partial charge >= 0.3 is 0 Å². The fraction of sp³-hybridized carbons (Fsp3) is 0.500. The number of oxime groups is 1. The van der Waals surface area contributed by atoms with Crippen LogP contribution in [0.1, 0.15) is 24.8 Å². The van der Waals surface area contributed by atoms with Crippen LogP contribution in [0, 0.1) is 0 Å². The van der Waals surface area contributed by atoms with Crippen molar-refractivity contribution < 1.29 is 4.84 Å². The molecule has 0 N–H and O–H groups in total. The zero-order chi connectivity index (χ0) is 12.8. The molecule has 4 heteroatoms. The van der Waals surface area contributed by atoms with Crippen molar-refractivity contribution in [1.82, 2.24) is 4.90 Å². The molecule has 98 valence electrons. The molecule has 0 aliphatic carbocycles. The second-order valence-electron chi connectivity index (χ2n) is 4.56. The maximum atomic E-state index is 5.90. The third kappa shape index (κ3) is 3.72. The van der Waals surface area contributed by atoms with Gasteiger partial charge in [0.25, 0.3) is 0 Å². The monoisotopic (exact) mass is 266 g/mol.